The van der Waals surface area contributed by atoms with Crippen LogP contribution in [0.25, 0.3) is 0 Å². The van der Waals surface area contributed by atoms with Crippen LogP contribution in [-0.4, -0.2) is 50.2 Å². The molecule has 0 radical (unpaired) electrons. The van der Waals surface area contributed by atoms with E-state index in [0.29, 0.717) is 37.4 Å². The van der Waals surface area contributed by atoms with E-state index in [9.17, 15) is 9.90 Å². The van der Waals surface area contributed by atoms with Gasteiger partial charge in [-0.3, -0.25) is 4.79 Å². The van der Waals surface area contributed by atoms with Crippen molar-refractivity contribution in [3.63, 3.8) is 0 Å². The molecular weight excluding hydrogens is 406 g/mol. The van der Waals surface area contributed by atoms with Gasteiger partial charge < -0.3 is 19.8 Å². The van der Waals surface area contributed by atoms with Crippen LogP contribution in [0.5, 0.6) is 0 Å². The minimum atomic E-state index is -0.347. The van der Waals surface area contributed by atoms with Crippen LogP contribution in [0.3, 0.4) is 0 Å². The second kappa shape index (κ2) is 7.54. The molecule has 4 aliphatic carbocycles. The summed E-state index contributed by atoms with van der Waals surface area (Å²) in [5, 5.41) is 18.4. The highest BCUT2D eigenvalue weighted by molar-refractivity contribution is 5.94. The van der Waals surface area contributed by atoms with Crippen LogP contribution in [0.15, 0.2) is 17.0 Å². The van der Waals surface area contributed by atoms with Gasteiger partial charge in [0.2, 0.25) is 0 Å². The summed E-state index contributed by atoms with van der Waals surface area (Å²) in [7, 11) is 0. The summed E-state index contributed by atoms with van der Waals surface area (Å²) in [6.45, 7) is 3.30. The Hall–Kier alpha value is -2.48. The first kappa shape index (κ1) is 20.1. The molecule has 1 aliphatic heterocycles. The number of rotatable bonds is 5. The second-order valence-corrected chi connectivity index (χ2v) is 10.6. The molecule has 3 heterocycles. The predicted molar refractivity (Wildman–Crippen MR) is 117 cm³/mol. The smallest absolute Gasteiger partial charge is 0.259 e. The lowest BCUT2D eigenvalue weighted by Crippen LogP contribution is -2.53. The van der Waals surface area contributed by atoms with Crippen molar-refractivity contribution >= 4 is 11.7 Å². The van der Waals surface area contributed by atoms with Gasteiger partial charge in [-0.2, -0.15) is 0 Å². The number of aryl methyl sites for hydroxylation is 1. The highest BCUT2D eigenvalue weighted by Crippen LogP contribution is 2.61. The van der Waals surface area contributed by atoms with Crippen molar-refractivity contribution in [2.24, 2.45) is 23.2 Å². The highest BCUT2D eigenvalue weighted by Gasteiger charge is 2.53. The number of nitrogens with one attached hydrogen (secondary N) is 1. The summed E-state index contributed by atoms with van der Waals surface area (Å²) >= 11 is 0. The molecule has 4 saturated carbocycles. The SMILES string of the molecule is Cc1oncc1C(=O)N1CCc2c(ncnc2NCC(O)C23CC4CC(CC(C4)C2)C3)C1. The molecule has 2 aromatic heterocycles. The molecule has 170 valence electrons. The number of hydrogen-bond acceptors (Lipinski definition) is 7. The van der Waals surface area contributed by atoms with Gasteiger partial charge in [0.25, 0.3) is 5.91 Å². The molecule has 5 aliphatic rings. The van der Waals surface area contributed by atoms with Gasteiger partial charge in [0.15, 0.2) is 0 Å². The predicted octanol–water partition coefficient (Wildman–Crippen LogP) is 2.96. The Morgan fingerprint density at radius 3 is 2.62 bits per heavy atom. The summed E-state index contributed by atoms with van der Waals surface area (Å²) in [4.78, 5) is 23.5. The van der Waals surface area contributed by atoms with Gasteiger partial charge in [-0.05, 0) is 75.0 Å². The molecule has 2 N–H and O–H groups in total. The Morgan fingerprint density at radius 2 is 1.97 bits per heavy atom. The number of aliphatic hydroxyl groups excluding tert-OH is 1. The molecule has 7 rings (SSSR count). The van der Waals surface area contributed by atoms with E-state index in [4.69, 9.17) is 4.52 Å². The Morgan fingerprint density at radius 1 is 1.25 bits per heavy atom. The number of aliphatic hydroxyl groups is 1. The number of anilines is 1. The molecule has 2 aromatic rings. The quantitative estimate of drug-likeness (QED) is 0.741. The zero-order chi connectivity index (χ0) is 21.9. The zero-order valence-corrected chi connectivity index (χ0v) is 18.6. The number of nitrogens with zero attached hydrogens (tertiary/aromatic N) is 4. The summed E-state index contributed by atoms with van der Waals surface area (Å²) in [5.41, 5.74) is 2.51. The van der Waals surface area contributed by atoms with Crippen LogP contribution in [0.4, 0.5) is 5.82 Å². The fraction of sp³-hybridized carbons (Fsp3) is 0.667. The van der Waals surface area contributed by atoms with Crippen molar-refractivity contribution in [3.8, 4) is 0 Å². The number of aromatic nitrogens is 3. The van der Waals surface area contributed by atoms with Gasteiger partial charge in [0, 0.05) is 18.7 Å². The lowest BCUT2D eigenvalue weighted by atomic mass is 9.48. The lowest BCUT2D eigenvalue weighted by Gasteiger charge is -2.58. The van der Waals surface area contributed by atoms with Crippen molar-refractivity contribution in [1.29, 1.82) is 0 Å². The average Bonchev–Trinajstić information content (AvgIpc) is 3.21. The van der Waals surface area contributed by atoms with Gasteiger partial charge in [0.05, 0.1) is 24.5 Å². The summed E-state index contributed by atoms with van der Waals surface area (Å²) in [6, 6.07) is 0. The Labute approximate surface area is 187 Å². The number of amides is 1. The first-order chi connectivity index (χ1) is 15.5. The maximum atomic E-state index is 12.8. The Kier molecular flexibility index (Phi) is 4.75. The lowest BCUT2D eigenvalue weighted by molar-refractivity contribution is -0.115. The normalized spacial score (nSPS) is 31.4. The van der Waals surface area contributed by atoms with Gasteiger partial charge in [0.1, 0.15) is 23.5 Å². The topological polar surface area (TPSA) is 104 Å². The number of carbonyl (C=O) groups is 1. The molecular formula is C24H31N5O3. The van der Waals surface area contributed by atoms with Gasteiger partial charge in [-0.1, -0.05) is 5.16 Å². The van der Waals surface area contributed by atoms with Gasteiger partial charge in [-0.15, -0.1) is 0 Å². The third-order valence-corrected chi connectivity index (χ3v) is 8.53. The molecule has 4 fully saturated rings. The molecule has 8 heteroatoms. The minimum absolute atomic E-state index is 0.0836. The van der Waals surface area contributed by atoms with E-state index in [2.05, 4.69) is 20.4 Å². The number of carbonyl (C=O) groups excluding carboxylic acids is 1. The van der Waals surface area contributed by atoms with E-state index < -0.39 is 0 Å². The second-order valence-electron chi connectivity index (χ2n) is 10.6. The van der Waals surface area contributed by atoms with Gasteiger partial charge >= 0.3 is 0 Å². The highest BCUT2D eigenvalue weighted by atomic mass is 16.5. The number of hydrogen-bond donors (Lipinski definition) is 2. The first-order valence-electron chi connectivity index (χ1n) is 12.0. The maximum absolute atomic E-state index is 12.8. The average molecular weight is 438 g/mol. The summed E-state index contributed by atoms with van der Waals surface area (Å²) in [6.07, 6.45) is 11.0. The van der Waals surface area contributed by atoms with Crippen molar-refractivity contribution in [3.05, 3.63) is 35.1 Å². The van der Waals surface area contributed by atoms with Crippen molar-refractivity contribution in [1.82, 2.24) is 20.0 Å². The largest absolute Gasteiger partial charge is 0.391 e. The van der Waals surface area contributed by atoms with Crippen molar-refractivity contribution in [2.45, 2.75) is 64.5 Å². The van der Waals surface area contributed by atoms with Crippen LogP contribution in [0.2, 0.25) is 0 Å². The van der Waals surface area contributed by atoms with E-state index in [1.54, 1.807) is 18.2 Å². The third kappa shape index (κ3) is 3.31. The first-order valence-corrected chi connectivity index (χ1v) is 12.0. The number of fused-ring (bicyclic) bond motifs is 1. The third-order valence-electron chi connectivity index (χ3n) is 8.53. The maximum Gasteiger partial charge on any atom is 0.259 e. The molecule has 1 amide bonds. The minimum Gasteiger partial charge on any atom is -0.391 e. The summed E-state index contributed by atoms with van der Waals surface area (Å²) < 4.78 is 5.05. The molecule has 32 heavy (non-hydrogen) atoms. The van der Waals surface area contributed by atoms with Gasteiger partial charge in [-0.25, -0.2) is 9.97 Å². The molecule has 1 unspecified atom stereocenters. The van der Waals surface area contributed by atoms with Crippen LogP contribution < -0.4 is 5.32 Å². The van der Waals surface area contributed by atoms with Crippen molar-refractivity contribution < 1.29 is 14.4 Å². The van der Waals surface area contributed by atoms with E-state index in [-0.39, 0.29) is 17.4 Å². The monoisotopic (exact) mass is 437 g/mol. The van der Waals surface area contributed by atoms with E-state index in [0.717, 1.165) is 34.8 Å². The summed E-state index contributed by atoms with van der Waals surface area (Å²) in [5.74, 6) is 3.71. The van der Waals surface area contributed by atoms with E-state index in [1.165, 1.54) is 44.7 Å². The zero-order valence-electron chi connectivity index (χ0n) is 18.6. The molecule has 8 nitrogen and oxygen atoms in total. The Bertz CT molecular complexity index is 999. The molecule has 4 bridgehead atoms. The van der Waals surface area contributed by atoms with Crippen LogP contribution in [0.1, 0.15) is 65.9 Å². The van der Waals surface area contributed by atoms with E-state index >= 15 is 0 Å². The van der Waals surface area contributed by atoms with Crippen LogP contribution in [0, 0.1) is 30.1 Å². The molecule has 0 spiro atoms. The molecule has 0 saturated heterocycles. The van der Waals surface area contributed by atoms with E-state index in [1.807, 2.05) is 0 Å². The Balaban J connectivity index is 1.14. The van der Waals surface area contributed by atoms with Crippen LogP contribution >= 0.6 is 0 Å². The fourth-order valence-electron chi connectivity index (χ4n) is 7.35. The standard InChI is InChI=1S/C24H31N5O3/c1-14-19(10-28-32-14)23(31)29-3-2-18-20(12-29)26-13-27-22(18)25-11-21(30)24-7-15-4-16(8-24)6-17(5-15)9-24/h10,13,15-17,21,30H,2-9,11-12H2,1H3,(H,25,26,27). The molecule has 1 atom stereocenters. The van der Waals surface area contributed by atoms with Crippen molar-refractivity contribution in [2.75, 3.05) is 18.4 Å². The van der Waals surface area contributed by atoms with Crippen LogP contribution in [-0.2, 0) is 13.0 Å². The fourth-order valence-corrected chi connectivity index (χ4v) is 7.35. The molecule has 0 aromatic carbocycles.